The molecule has 0 spiro atoms. The van der Waals surface area contributed by atoms with E-state index in [0.29, 0.717) is 0 Å². The number of methoxy groups -OCH3 is 1. The van der Waals surface area contributed by atoms with Gasteiger partial charge < -0.3 is 24.7 Å². The van der Waals surface area contributed by atoms with Gasteiger partial charge in [-0.2, -0.15) is 0 Å². The standard InChI is InChI=1S/C19H35N5O2.HI/c1-20-19(21-9-7-10-23(2)13-15-25-3)22-16-17(18-8-6-14-26-18)24-11-4-5-12-24;/h6,8,14,17H,4-5,7,9-13,15-16H2,1-3H3,(H2,20,21,22);1H. The van der Waals surface area contributed by atoms with Gasteiger partial charge in [0, 0.05) is 33.8 Å². The van der Waals surface area contributed by atoms with Crippen LogP contribution in [0.4, 0.5) is 0 Å². The SMILES string of the molecule is CN=C(NCCCN(C)CCOC)NCC(c1ccco1)N1CCCC1.I. The Morgan fingerprint density at radius 1 is 1.33 bits per heavy atom. The normalized spacial score (nSPS) is 16.4. The number of halogens is 1. The lowest BCUT2D eigenvalue weighted by molar-refractivity contribution is 0.161. The highest BCUT2D eigenvalue weighted by atomic mass is 127. The van der Waals surface area contributed by atoms with Crippen LogP contribution in [0.5, 0.6) is 0 Å². The topological polar surface area (TPSA) is 65.3 Å². The molecule has 1 atom stereocenters. The van der Waals surface area contributed by atoms with Gasteiger partial charge in [0.2, 0.25) is 0 Å². The minimum absolute atomic E-state index is 0. The zero-order chi connectivity index (χ0) is 18.6. The number of nitrogens with zero attached hydrogens (tertiary/aromatic N) is 3. The zero-order valence-corrected chi connectivity index (χ0v) is 19.3. The second-order valence-corrected chi connectivity index (χ2v) is 6.80. The molecule has 0 amide bonds. The highest BCUT2D eigenvalue weighted by Crippen LogP contribution is 2.24. The summed E-state index contributed by atoms with van der Waals surface area (Å²) in [5.41, 5.74) is 0. The zero-order valence-electron chi connectivity index (χ0n) is 16.9. The minimum atomic E-state index is 0. The van der Waals surface area contributed by atoms with E-state index in [4.69, 9.17) is 9.15 Å². The van der Waals surface area contributed by atoms with Crippen LogP contribution < -0.4 is 10.6 Å². The van der Waals surface area contributed by atoms with Crippen LogP contribution in [0.2, 0.25) is 0 Å². The molecule has 1 saturated heterocycles. The van der Waals surface area contributed by atoms with Crippen molar-refractivity contribution in [2.24, 2.45) is 4.99 Å². The molecule has 1 fully saturated rings. The van der Waals surface area contributed by atoms with Gasteiger partial charge >= 0.3 is 0 Å². The number of guanidine groups is 1. The van der Waals surface area contributed by atoms with Crippen molar-refractivity contribution in [3.8, 4) is 0 Å². The lowest BCUT2D eigenvalue weighted by Gasteiger charge is -2.26. The average molecular weight is 493 g/mol. The third kappa shape index (κ3) is 8.80. The van der Waals surface area contributed by atoms with Crippen molar-refractivity contribution in [3.05, 3.63) is 24.2 Å². The monoisotopic (exact) mass is 493 g/mol. The van der Waals surface area contributed by atoms with Crippen LogP contribution in [-0.4, -0.2) is 82.8 Å². The van der Waals surface area contributed by atoms with Crippen LogP contribution in [0.25, 0.3) is 0 Å². The van der Waals surface area contributed by atoms with Crippen LogP contribution >= 0.6 is 24.0 Å². The maximum Gasteiger partial charge on any atom is 0.191 e. The quantitative estimate of drug-likeness (QED) is 0.213. The fourth-order valence-corrected chi connectivity index (χ4v) is 3.27. The third-order valence-corrected chi connectivity index (χ3v) is 4.83. The van der Waals surface area contributed by atoms with Crippen LogP contribution in [0.3, 0.4) is 0 Å². The first-order valence-electron chi connectivity index (χ1n) is 9.64. The summed E-state index contributed by atoms with van der Waals surface area (Å²) in [6.45, 7) is 6.73. The maximum atomic E-state index is 5.67. The molecule has 1 aromatic rings. The van der Waals surface area contributed by atoms with E-state index in [1.165, 1.54) is 12.8 Å². The van der Waals surface area contributed by atoms with E-state index in [9.17, 15) is 0 Å². The Balaban J connectivity index is 0.00000364. The molecule has 0 saturated carbocycles. The molecule has 2 rings (SSSR count). The second kappa shape index (κ2) is 14.2. The van der Waals surface area contributed by atoms with Crippen molar-refractivity contribution in [3.63, 3.8) is 0 Å². The summed E-state index contributed by atoms with van der Waals surface area (Å²) in [6.07, 6.45) is 5.35. The van der Waals surface area contributed by atoms with E-state index in [1.54, 1.807) is 13.4 Å². The summed E-state index contributed by atoms with van der Waals surface area (Å²) in [4.78, 5) is 9.12. The predicted octanol–water partition coefficient (Wildman–Crippen LogP) is 2.17. The van der Waals surface area contributed by atoms with Gasteiger partial charge in [-0.05, 0) is 58.1 Å². The highest BCUT2D eigenvalue weighted by Gasteiger charge is 2.25. The van der Waals surface area contributed by atoms with E-state index in [-0.39, 0.29) is 30.0 Å². The molecule has 0 radical (unpaired) electrons. The smallest absolute Gasteiger partial charge is 0.191 e. The predicted molar refractivity (Wildman–Crippen MR) is 121 cm³/mol. The first kappa shape index (κ1) is 24.2. The Labute approximate surface area is 180 Å². The van der Waals surface area contributed by atoms with Gasteiger partial charge in [0.15, 0.2) is 5.96 Å². The van der Waals surface area contributed by atoms with Gasteiger partial charge in [0.25, 0.3) is 0 Å². The molecule has 1 aromatic heterocycles. The Kier molecular flexibility index (Phi) is 12.7. The molecule has 1 unspecified atom stereocenters. The molecular weight excluding hydrogens is 457 g/mol. The molecule has 7 nitrogen and oxygen atoms in total. The number of nitrogens with one attached hydrogen (secondary N) is 2. The third-order valence-electron chi connectivity index (χ3n) is 4.83. The number of aliphatic imine (C=N–C) groups is 1. The molecule has 0 aliphatic carbocycles. The first-order chi connectivity index (χ1) is 12.7. The summed E-state index contributed by atoms with van der Waals surface area (Å²) in [6, 6.07) is 4.29. The van der Waals surface area contributed by atoms with Crippen molar-refractivity contribution in [1.29, 1.82) is 0 Å². The summed E-state index contributed by atoms with van der Waals surface area (Å²) in [5.74, 6) is 1.87. The van der Waals surface area contributed by atoms with Crippen molar-refractivity contribution in [2.75, 3.05) is 67.1 Å². The van der Waals surface area contributed by atoms with E-state index in [2.05, 4.69) is 38.5 Å². The molecule has 27 heavy (non-hydrogen) atoms. The van der Waals surface area contributed by atoms with Gasteiger partial charge in [-0.3, -0.25) is 9.89 Å². The molecule has 8 heteroatoms. The molecule has 1 aliphatic heterocycles. The van der Waals surface area contributed by atoms with Gasteiger partial charge in [0.05, 0.1) is 18.9 Å². The van der Waals surface area contributed by atoms with Crippen molar-refractivity contribution < 1.29 is 9.15 Å². The molecule has 0 aromatic carbocycles. The molecule has 1 aliphatic rings. The van der Waals surface area contributed by atoms with Crippen LogP contribution in [0, 0.1) is 0 Å². The van der Waals surface area contributed by atoms with Crippen molar-refractivity contribution >= 4 is 29.9 Å². The van der Waals surface area contributed by atoms with Gasteiger partial charge in [0.1, 0.15) is 5.76 Å². The Hall–Kier alpha value is -0.840. The lowest BCUT2D eigenvalue weighted by Crippen LogP contribution is -2.43. The average Bonchev–Trinajstić information content (AvgIpc) is 3.36. The fraction of sp³-hybridized carbons (Fsp3) is 0.737. The molecule has 2 heterocycles. The minimum Gasteiger partial charge on any atom is -0.468 e. The molecule has 0 bridgehead atoms. The number of likely N-dealkylation sites (N-methyl/N-ethyl adjacent to an activating group) is 1. The van der Waals surface area contributed by atoms with E-state index in [0.717, 1.165) is 64.0 Å². The number of hydrogen-bond donors (Lipinski definition) is 2. The number of ether oxygens (including phenoxy) is 1. The number of rotatable bonds is 11. The van der Waals surface area contributed by atoms with Crippen LogP contribution in [0.1, 0.15) is 31.1 Å². The van der Waals surface area contributed by atoms with E-state index < -0.39 is 0 Å². The van der Waals surface area contributed by atoms with Gasteiger partial charge in [-0.25, -0.2) is 0 Å². The number of likely N-dealkylation sites (tertiary alicyclic amines) is 1. The van der Waals surface area contributed by atoms with Gasteiger partial charge in [-0.15, -0.1) is 24.0 Å². The fourth-order valence-electron chi connectivity index (χ4n) is 3.27. The van der Waals surface area contributed by atoms with Gasteiger partial charge in [-0.1, -0.05) is 0 Å². The Morgan fingerprint density at radius 2 is 2.11 bits per heavy atom. The Bertz CT molecular complexity index is 506. The largest absolute Gasteiger partial charge is 0.468 e. The molecule has 2 N–H and O–H groups in total. The summed E-state index contributed by atoms with van der Waals surface area (Å²) < 4.78 is 10.8. The number of furan rings is 1. The van der Waals surface area contributed by atoms with Crippen molar-refractivity contribution in [1.82, 2.24) is 20.4 Å². The van der Waals surface area contributed by atoms with Crippen LogP contribution in [0.15, 0.2) is 27.8 Å². The Morgan fingerprint density at radius 3 is 2.74 bits per heavy atom. The lowest BCUT2D eigenvalue weighted by atomic mass is 10.2. The highest BCUT2D eigenvalue weighted by molar-refractivity contribution is 14.0. The second-order valence-electron chi connectivity index (χ2n) is 6.80. The summed E-state index contributed by atoms with van der Waals surface area (Å²) in [5, 5.41) is 6.86. The summed E-state index contributed by atoms with van der Waals surface area (Å²) >= 11 is 0. The van der Waals surface area contributed by atoms with Crippen molar-refractivity contribution in [2.45, 2.75) is 25.3 Å². The van der Waals surface area contributed by atoms with Crippen LogP contribution in [-0.2, 0) is 4.74 Å². The number of hydrogen-bond acceptors (Lipinski definition) is 5. The summed E-state index contributed by atoms with van der Waals surface area (Å²) in [7, 11) is 5.68. The molecular formula is C19H36IN5O2. The molecule has 156 valence electrons. The first-order valence-corrected chi connectivity index (χ1v) is 9.64. The van der Waals surface area contributed by atoms with E-state index in [1.807, 2.05) is 13.1 Å². The van der Waals surface area contributed by atoms with E-state index >= 15 is 0 Å². The maximum absolute atomic E-state index is 5.67.